The van der Waals surface area contributed by atoms with Gasteiger partial charge in [-0.15, -0.1) is 0 Å². The quantitative estimate of drug-likeness (QED) is 0.311. The Balaban J connectivity index is 1.61. The molecule has 0 aliphatic rings. The Morgan fingerprint density at radius 3 is 2.43 bits per heavy atom. The largest absolute Gasteiger partial charge is 0.497 e. The number of carbonyl (C=O) groups is 2. The van der Waals surface area contributed by atoms with Crippen LogP contribution in [0.4, 0.5) is 0 Å². The molecular weight excluding hydrogens is 449 g/mol. The van der Waals surface area contributed by atoms with Crippen LogP contribution < -0.4 is 25.6 Å². The van der Waals surface area contributed by atoms with Gasteiger partial charge in [-0.3, -0.25) is 20.4 Å². The van der Waals surface area contributed by atoms with E-state index in [1.165, 1.54) is 0 Å². The summed E-state index contributed by atoms with van der Waals surface area (Å²) in [7, 11) is 1.57. The molecule has 0 spiro atoms. The summed E-state index contributed by atoms with van der Waals surface area (Å²) in [5.74, 6) is 0.605. The normalized spacial score (nSPS) is 10.1. The summed E-state index contributed by atoms with van der Waals surface area (Å²) in [5.41, 5.74) is 5.75. The highest BCUT2D eigenvalue weighted by molar-refractivity contribution is 7.80. The molecule has 0 saturated carbocycles. The molecule has 0 aliphatic carbocycles. The van der Waals surface area contributed by atoms with Crippen molar-refractivity contribution in [3.63, 3.8) is 0 Å². The monoisotopic (exact) mass is 469 g/mol. The summed E-state index contributed by atoms with van der Waals surface area (Å²) in [6, 6.07) is 12.0. The molecule has 160 valence electrons. The van der Waals surface area contributed by atoms with E-state index in [1.54, 1.807) is 49.6 Å². The number of halogens is 2. The van der Waals surface area contributed by atoms with E-state index in [4.69, 9.17) is 44.9 Å². The average Bonchev–Trinajstić information content (AvgIpc) is 2.71. The van der Waals surface area contributed by atoms with Crippen LogP contribution >= 0.6 is 35.4 Å². The molecule has 2 aromatic carbocycles. The molecule has 0 fully saturated rings. The topological polar surface area (TPSA) is 88.7 Å². The average molecular weight is 470 g/mol. The zero-order valence-corrected chi connectivity index (χ0v) is 18.5. The highest BCUT2D eigenvalue weighted by atomic mass is 35.5. The van der Waals surface area contributed by atoms with Gasteiger partial charge in [0.2, 0.25) is 11.8 Å². The van der Waals surface area contributed by atoms with Gasteiger partial charge in [0.15, 0.2) is 5.11 Å². The molecular formula is C20H21Cl2N3O4S. The van der Waals surface area contributed by atoms with Gasteiger partial charge >= 0.3 is 0 Å². The summed E-state index contributed by atoms with van der Waals surface area (Å²) >= 11 is 16.8. The second-order valence-corrected chi connectivity index (χ2v) is 7.35. The summed E-state index contributed by atoms with van der Waals surface area (Å²) in [5, 5.41) is 3.41. The van der Waals surface area contributed by atoms with Gasteiger partial charge in [-0.25, -0.2) is 0 Å². The van der Waals surface area contributed by atoms with E-state index in [0.717, 1.165) is 5.56 Å². The maximum atomic E-state index is 11.9. The number of benzene rings is 2. The van der Waals surface area contributed by atoms with E-state index in [2.05, 4.69) is 16.2 Å². The zero-order valence-electron chi connectivity index (χ0n) is 16.2. The van der Waals surface area contributed by atoms with Gasteiger partial charge in [0.25, 0.3) is 0 Å². The van der Waals surface area contributed by atoms with Crippen molar-refractivity contribution in [1.82, 2.24) is 16.2 Å². The van der Waals surface area contributed by atoms with Crippen LogP contribution in [0.3, 0.4) is 0 Å². The van der Waals surface area contributed by atoms with Gasteiger partial charge in [-0.05, 0) is 54.5 Å². The first kappa shape index (κ1) is 23.7. The predicted molar refractivity (Wildman–Crippen MR) is 120 cm³/mol. The van der Waals surface area contributed by atoms with Gasteiger partial charge in [0.1, 0.15) is 11.5 Å². The first-order valence-electron chi connectivity index (χ1n) is 8.97. The molecule has 2 amide bonds. The van der Waals surface area contributed by atoms with E-state index < -0.39 is 0 Å². The van der Waals surface area contributed by atoms with Crippen LogP contribution in [0.25, 0.3) is 0 Å². The van der Waals surface area contributed by atoms with Crippen LogP contribution in [-0.2, 0) is 16.0 Å². The molecule has 3 N–H and O–H groups in total. The molecule has 0 aliphatic heterocycles. The fraction of sp³-hybridized carbons (Fsp3) is 0.250. The van der Waals surface area contributed by atoms with Crippen molar-refractivity contribution in [1.29, 1.82) is 0 Å². The smallest absolute Gasteiger partial charge is 0.242 e. The number of ether oxygens (including phenoxy) is 2. The van der Waals surface area contributed by atoms with Crippen LogP contribution in [-0.4, -0.2) is 30.6 Å². The van der Waals surface area contributed by atoms with E-state index in [1.807, 2.05) is 0 Å². The SMILES string of the molecule is COc1ccc(CC(=O)NNC(=S)NC(=O)CCCOc2ccc(Cl)cc2Cl)cc1. The molecule has 0 bridgehead atoms. The Hall–Kier alpha value is -2.55. The van der Waals surface area contributed by atoms with Crippen LogP contribution in [0.2, 0.25) is 10.0 Å². The van der Waals surface area contributed by atoms with Crippen molar-refractivity contribution in [2.45, 2.75) is 19.3 Å². The number of hydrazine groups is 1. The fourth-order valence-corrected chi connectivity index (χ4v) is 2.95. The minimum absolute atomic E-state index is 0.00439. The Morgan fingerprint density at radius 1 is 1.03 bits per heavy atom. The van der Waals surface area contributed by atoms with Crippen molar-refractivity contribution >= 4 is 52.3 Å². The number of rotatable bonds is 8. The Morgan fingerprint density at radius 2 is 1.77 bits per heavy atom. The molecule has 0 radical (unpaired) electrons. The molecule has 0 aromatic heterocycles. The number of thiocarbonyl (C=S) groups is 1. The highest BCUT2D eigenvalue weighted by Crippen LogP contribution is 2.27. The van der Waals surface area contributed by atoms with Crippen molar-refractivity contribution in [2.75, 3.05) is 13.7 Å². The van der Waals surface area contributed by atoms with Crippen molar-refractivity contribution in [2.24, 2.45) is 0 Å². The first-order valence-corrected chi connectivity index (χ1v) is 10.1. The summed E-state index contributed by atoms with van der Waals surface area (Å²) in [6.07, 6.45) is 0.794. The second-order valence-electron chi connectivity index (χ2n) is 6.10. The Bertz CT molecular complexity index is 894. The minimum atomic E-state index is -0.303. The lowest BCUT2D eigenvalue weighted by Crippen LogP contribution is -2.48. The standard InChI is InChI=1S/C20H21Cl2N3O4S/c1-28-15-7-4-13(5-8-15)11-19(27)24-25-20(30)23-18(26)3-2-10-29-17-9-6-14(21)12-16(17)22/h4-9,12H,2-3,10-11H2,1H3,(H,24,27)(H2,23,25,26,30). The van der Waals surface area contributed by atoms with Gasteiger partial charge in [0.05, 0.1) is 25.2 Å². The third-order valence-corrected chi connectivity index (χ3v) is 4.53. The maximum absolute atomic E-state index is 11.9. The summed E-state index contributed by atoms with van der Waals surface area (Å²) < 4.78 is 10.6. The second kappa shape index (κ2) is 12.2. The zero-order chi connectivity index (χ0) is 21.9. The van der Waals surface area contributed by atoms with Crippen molar-refractivity contribution in [3.8, 4) is 11.5 Å². The molecule has 0 saturated heterocycles. The minimum Gasteiger partial charge on any atom is -0.497 e. The van der Waals surface area contributed by atoms with Gasteiger partial charge in [0, 0.05) is 11.4 Å². The van der Waals surface area contributed by atoms with E-state index in [9.17, 15) is 9.59 Å². The lowest BCUT2D eigenvalue weighted by Gasteiger charge is -2.11. The summed E-state index contributed by atoms with van der Waals surface area (Å²) in [6.45, 7) is 0.299. The lowest BCUT2D eigenvalue weighted by molar-refractivity contribution is -0.122. The molecule has 30 heavy (non-hydrogen) atoms. The van der Waals surface area contributed by atoms with E-state index in [0.29, 0.717) is 34.6 Å². The third-order valence-electron chi connectivity index (χ3n) is 3.79. The van der Waals surface area contributed by atoms with Crippen LogP contribution in [0.15, 0.2) is 42.5 Å². The van der Waals surface area contributed by atoms with Crippen LogP contribution in [0, 0.1) is 0 Å². The number of nitrogens with one attached hydrogen (secondary N) is 3. The van der Waals surface area contributed by atoms with Crippen molar-refractivity contribution < 1.29 is 19.1 Å². The number of methoxy groups -OCH3 is 1. The molecule has 2 aromatic rings. The predicted octanol–water partition coefficient (Wildman–Crippen LogP) is 3.43. The Kier molecular flexibility index (Phi) is 9.66. The first-order chi connectivity index (χ1) is 14.4. The van der Waals surface area contributed by atoms with Crippen LogP contribution in [0.5, 0.6) is 11.5 Å². The van der Waals surface area contributed by atoms with Crippen LogP contribution in [0.1, 0.15) is 18.4 Å². The maximum Gasteiger partial charge on any atom is 0.242 e. The van der Waals surface area contributed by atoms with Crippen molar-refractivity contribution in [3.05, 3.63) is 58.1 Å². The van der Waals surface area contributed by atoms with Gasteiger partial charge < -0.3 is 14.8 Å². The number of hydrogen-bond donors (Lipinski definition) is 3. The molecule has 7 nitrogen and oxygen atoms in total. The van der Waals surface area contributed by atoms with Gasteiger partial charge in [-0.1, -0.05) is 35.3 Å². The number of hydrogen-bond acceptors (Lipinski definition) is 5. The van der Waals surface area contributed by atoms with Gasteiger partial charge in [-0.2, -0.15) is 0 Å². The lowest BCUT2D eigenvalue weighted by atomic mass is 10.1. The van der Waals surface area contributed by atoms with E-state index >= 15 is 0 Å². The molecule has 0 unspecified atom stereocenters. The summed E-state index contributed by atoms with van der Waals surface area (Å²) in [4.78, 5) is 23.8. The molecule has 10 heteroatoms. The number of amides is 2. The molecule has 2 rings (SSSR count). The molecule has 0 heterocycles. The van der Waals surface area contributed by atoms with E-state index in [-0.39, 0.29) is 29.8 Å². The highest BCUT2D eigenvalue weighted by Gasteiger charge is 2.08. The third kappa shape index (κ3) is 8.44. The Labute approximate surface area is 190 Å². The fourth-order valence-electron chi connectivity index (χ4n) is 2.33. The number of carbonyl (C=O) groups excluding carboxylic acids is 2. The molecule has 0 atom stereocenters.